The number of morpholine rings is 1. The minimum Gasteiger partial charge on any atom is -0.378 e. The van der Waals surface area contributed by atoms with Crippen LogP contribution in [0.15, 0.2) is 65.8 Å². The van der Waals surface area contributed by atoms with Crippen molar-refractivity contribution in [2.75, 3.05) is 37.0 Å². The molecule has 2 heterocycles. The van der Waals surface area contributed by atoms with Crippen molar-refractivity contribution in [3.8, 4) is 0 Å². The van der Waals surface area contributed by atoms with Crippen molar-refractivity contribution in [1.82, 2.24) is 25.6 Å². The molecule has 0 spiro atoms. The highest BCUT2D eigenvalue weighted by molar-refractivity contribution is 7.99. The molecule has 3 aromatic rings. The topological polar surface area (TPSA) is 101 Å². The monoisotopic (exact) mass is 452 g/mol. The molecule has 0 saturated carbocycles. The van der Waals surface area contributed by atoms with Crippen LogP contribution in [0.4, 0.5) is 5.95 Å². The molecule has 166 valence electrons. The number of carbonyl (C=O) groups excluding carboxylic acids is 2. The molecule has 1 aliphatic rings. The number of rotatable bonds is 7. The van der Waals surface area contributed by atoms with Crippen molar-refractivity contribution in [3.63, 3.8) is 0 Å². The van der Waals surface area contributed by atoms with Crippen LogP contribution in [0.1, 0.15) is 15.9 Å². The van der Waals surface area contributed by atoms with E-state index in [1.54, 1.807) is 24.3 Å². The number of nitrogens with zero attached hydrogens (tertiary/aromatic N) is 4. The number of carbonyl (C=O) groups is 2. The van der Waals surface area contributed by atoms with Gasteiger partial charge in [-0.05, 0) is 17.7 Å². The number of benzene rings is 2. The fourth-order valence-corrected chi connectivity index (χ4v) is 3.98. The fourth-order valence-electron chi connectivity index (χ4n) is 3.24. The summed E-state index contributed by atoms with van der Waals surface area (Å²) >= 11 is 1.27. The molecule has 1 aliphatic heterocycles. The van der Waals surface area contributed by atoms with E-state index in [1.165, 1.54) is 11.8 Å². The zero-order chi connectivity index (χ0) is 22.2. The van der Waals surface area contributed by atoms with E-state index in [9.17, 15) is 9.59 Å². The summed E-state index contributed by atoms with van der Waals surface area (Å²) in [6.45, 7) is 3.36. The molecule has 10 heteroatoms. The highest BCUT2D eigenvalue weighted by Crippen LogP contribution is 2.24. The lowest BCUT2D eigenvalue weighted by Gasteiger charge is -2.28. The highest BCUT2D eigenvalue weighted by Gasteiger charge is 2.21. The molecule has 0 unspecified atom stereocenters. The average Bonchev–Trinajstić information content (AvgIpc) is 3.25. The number of hydrogen-bond donors (Lipinski definition) is 2. The van der Waals surface area contributed by atoms with Crippen molar-refractivity contribution in [3.05, 3.63) is 71.8 Å². The Bertz CT molecular complexity index is 1040. The smallest absolute Gasteiger partial charge is 0.269 e. The molecule has 1 aromatic heterocycles. The molecular weight excluding hydrogens is 428 g/mol. The van der Waals surface area contributed by atoms with Gasteiger partial charge >= 0.3 is 0 Å². The van der Waals surface area contributed by atoms with Crippen LogP contribution in [0.3, 0.4) is 0 Å². The first kappa shape index (κ1) is 21.8. The minimum absolute atomic E-state index is 0.0884. The molecule has 9 nitrogen and oxygen atoms in total. The minimum atomic E-state index is -0.370. The van der Waals surface area contributed by atoms with Crippen LogP contribution < -0.4 is 15.8 Å². The lowest BCUT2D eigenvalue weighted by Crippen LogP contribution is -2.42. The van der Waals surface area contributed by atoms with E-state index in [0.29, 0.717) is 30.5 Å². The predicted octanol–water partition coefficient (Wildman–Crippen LogP) is 1.72. The van der Waals surface area contributed by atoms with Crippen LogP contribution in [0.25, 0.3) is 0 Å². The summed E-state index contributed by atoms with van der Waals surface area (Å²) in [7, 11) is 0. The number of thioether (sulfide) groups is 1. The number of hydrogen-bond acceptors (Lipinski definition) is 7. The fraction of sp³-hybridized carbons (Fsp3) is 0.273. The van der Waals surface area contributed by atoms with E-state index < -0.39 is 0 Å². The van der Waals surface area contributed by atoms with Gasteiger partial charge in [0.15, 0.2) is 5.16 Å². The van der Waals surface area contributed by atoms with Crippen LogP contribution in [0.2, 0.25) is 0 Å². The number of nitrogens with one attached hydrogen (secondary N) is 2. The molecule has 0 atom stereocenters. The number of aromatic nitrogens is 3. The van der Waals surface area contributed by atoms with Gasteiger partial charge in [0.1, 0.15) is 0 Å². The summed E-state index contributed by atoms with van der Waals surface area (Å²) in [5, 5.41) is 9.36. The van der Waals surface area contributed by atoms with Gasteiger partial charge in [-0.2, -0.15) is 0 Å². The SMILES string of the molecule is O=C(CSc1nnc(N2CCOCC2)n1Cc1ccccc1)NNC(=O)c1ccccc1. The first-order valence-corrected chi connectivity index (χ1v) is 11.3. The molecule has 32 heavy (non-hydrogen) atoms. The third-order valence-electron chi connectivity index (χ3n) is 4.86. The van der Waals surface area contributed by atoms with Crippen molar-refractivity contribution in [2.45, 2.75) is 11.7 Å². The second-order valence-electron chi connectivity index (χ2n) is 7.11. The largest absolute Gasteiger partial charge is 0.378 e. The van der Waals surface area contributed by atoms with Crippen molar-refractivity contribution in [1.29, 1.82) is 0 Å². The number of amides is 2. The Hall–Kier alpha value is -3.37. The standard InChI is InChI=1S/C22H24N6O3S/c29-19(23-24-20(30)18-9-5-2-6-10-18)16-32-22-26-25-21(27-11-13-31-14-12-27)28(22)15-17-7-3-1-4-8-17/h1-10H,11-16H2,(H,23,29)(H,24,30). The van der Waals surface area contributed by atoms with E-state index in [0.717, 1.165) is 24.6 Å². The van der Waals surface area contributed by atoms with Crippen LogP contribution in [0.5, 0.6) is 0 Å². The van der Waals surface area contributed by atoms with Crippen molar-refractivity contribution >= 4 is 29.5 Å². The zero-order valence-corrected chi connectivity index (χ0v) is 18.3. The maximum Gasteiger partial charge on any atom is 0.269 e. The summed E-state index contributed by atoms with van der Waals surface area (Å²) in [6.07, 6.45) is 0. The van der Waals surface area contributed by atoms with Gasteiger partial charge < -0.3 is 9.64 Å². The first-order valence-electron chi connectivity index (χ1n) is 10.3. The lowest BCUT2D eigenvalue weighted by atomic mass is 10.2. The second-order valence-corrected chi connectivity index (χ2v) is 8.05. The third-order valence-corrected chi connectivity index (χ3v) is 5.83. The number of anilines is 1. The van der Waals surface area contributed by atoms with Crippen LogP contribution in [-0.2, 0) is 16.1 Å². The van der Waals surface area contributed by atoms with E-state index in [4.69, 9.17) is 4.74 Å². The molecule has 2 N–H and O–H groups in total. The first-order chi connectivity index (χ1) is 15.7. The number of ether oxygens (including phenoxy) is 1. The molecule has 0 aliphatic carbocycles. The molecule has 0 radical (unpaired) electrons. The summed E-state index contributed by atoms with van der Waals surface area (Å²) in [4.78, 5) is 26.5. The van der Waals surface area contributed by atoms with Gasteiger partial charge in [-0.25, -0.2) is 0 Å². The molecule has 4 rings (SSSR count). The lowest BCUT2D eigenvalue weighted by molar-refractivity contribution is -0.119. The summed E-state index contributed by atoms with van der Waals surface area (Å²) in [6, 6.07) is 18.7. The Morgan fingerprint density at radius 1 is 0.938 bits per heavy atom. The van der Waals surface area contributed by atoms with Gasteiger partial charge in [-0.15, -0.1) is 10.2 Å². The summed E-state index contributed by atoms with van der Waals surface area (Å²) in [5.74, 6) is 0.148. The normalized spacial score (nSPS) is 13.6. The van der Waals surface area contributed by atoms with Gasteiger partial charge in [0.05, 0.1) is 25.5 Å². The molecule has 1 saturated heterocycles. The summed E-state index contributed by atoms with van der Waals surface area (Å²) in [5.41, 5.74) is 6.46. The van der Waals surface area contributed by atoms with Gasteiger partial charge in [0.2, 0.25) is 11.9 Å². The molecular formula is C22H24N6O3S. The van der Waals surface area contributed by atoms with Gasteiger partial charge in [-0.1, -0.05) is 60.3 Å². The van der Waals surface area contributed by atoms with E-state index in [-0.39, 0.29) is 17.6 Å². The average molecular weight is 453 g/mol. The van der Waals surface area contributed by atoms with E-state index in [1.807, 2.05) is 41.0 Å². The summed E-state index contributed by atoms with van der Waals surface area (Å²) < 4.78 is 7.47. The molecule has 2 amide bonds. The van der Waals surface area contributed by atoms with Crippen LogP contribution in [0, 0.1) is 0 Å². The van der Waals surface area contributed by atoms with Crippen LogP contribution >= 0.6 is 11.8 Å². The Morgan fingerprint density at radius 3 is 2.34 bits per heavy atom. The maximum atomic E-state index is 12.3. The molecule has 0 bridgehead atoms. The van der Waals surface area contributed by atoms with Gasteiger partial charge in [0, 0.05) is 18.7 Å². The van der Waals surface area contributed by atoms with Gasteiger partial charge in [-0.3, -0.25) is 25.0 Å². The number of hydrazine groups is 1. The van der Waals surface area contributed by atoms with Crippen LogP contribution in [-0.4, -0.2) is 58.6 Å². The molecule has 2 aromatic carbocycles. The van der Waals surface area contributed by atoms with E-state index in [2.05, 4.69) is 25.9 Å². The maximum absolute atomic E-state index is 12.3. The van der Waals surface area contributed by atoms with Crippen molar-refractivity contribution in [2.24, 2.45) is 0 Å². The molecule has 1 fully saturated rings. The van der Waals surface area contributed by atoms with E-state index >= 15 is 0 Å². The quantitative estimate of drug-likeness (QED) is 0.416. The Labute approximate surface area is 190 Å². The Balaban J connectivity index is 1.40. The predicted molar refractivity (Wildman–Crippen MR) is 121 cm³/mol. The Kier molecular flexibility index (Phi) is 7.36. The Morgan fingerprint density at radius 2 is 1.62 bits per heavy atom. The highest BCUT2D eigenvalue weighted by atomic mass is 32.2. The zero-order valence-electron chi connectivity index (χ0n) is 17.4. The van der Waals surface area contributed by atoms with Crippen molar-refractivity contribution < 1.29 is 14.3 Å². The van der Waals surface area contributed by atoms with Gasteiger partial charge in [0.25, 0.3) is 5.91 Å². The second kappa shape index (κ2) is 10.8. The third kappa shape index (κ3) is 5.65.